The number of hydrogen-bond acceptors (Lipinski definition) is 4. The smallest absolute Gasteiger partial charge is 0.252 e. The largest absolute Gasteiger partial charge is 0.343 e. The van der Waals surface area contributed by atoms with Gasteiger partial charge in [0, 0.05) is 4.90 Å². The van der Waals surface area contributed by atoms with E-state index >= 15 is 0 Å². The van der Waals surface area contributed by atoms with Gasteiger partial charge in [0.15, 0.2) is 0 Å². The Bertz CT molecular complexity index is 790. The van der Waals surface area contributed by atoms with Crippen LogP contribution >= 0.6 is 11.8 Å². The van der Waals surface area contributed by atoms with E-state index in [9.17, 15) is 4.79 Å². The first-order valence-electron chi connectivity index (χ1n) is 7.61. The molecule has 0 fully saturated rings. The van der Waals surface area contributed by atoms with Gasteiger partial charge >= 0.3 is 0 Å². The molecule has 0 aliphatic carbocycles. The molecule has 1 aromatic heterocycles. The molecule has 0 radical (unpaired) electrons. The maximum atomic E-state index is 12.8. The SMILES string of the molecule is CSc1ccccc1C(=O)NC(Cn1nccn1)c1ccccc1. The molecule has 1 heterocycles. The summed E-state index contributed by atoms with van der Waals surface area (Å²) in [5.74, 6) is -0.0963. The normalized spacial score (nSPS) is 11.9. The second kappa shape index (κ2) is 7.79. The number of hydrogen-bond donors (Lipinski definition) is 1. The molecule has 0 spiro atoms. The lowest BCUT2D eigenvalue weighted by Gasteiger charge is -2.19. The molecular formula is C18H18N4OS. The topological polar surface area (TPSA) is 59.8 Å². The van der Waals surface area contributed by atoms with E-state index in [0.29, 0.717) is 12.1 Å². The molecule has 1 unspecified atom stereocenters. The summed E-state index contributed by atoms with van der Waals surface area (Å²) < 4.78 is 0. The van der Waals surface area contributed by atoms with Crippen molar-refractivity contribution >= 4 is 17.7 Å². The van der Waals surface area contributed by atoms with E-state index < -0.39 is 0 Å². The summed E-state index contributed by atoms with van der Waals surface area (Å²) in [6, 6.07) is 17.3. The summed E-state index contributed by atoms with van der Waals surface area (Å²) in [5, 5.41) is 11.4. The van der Waals surface area contributed by atoms with Gasteiger partial charge in [0.25, 0.3) is 5.91 Å². The van der Waals surface area contributed by atoms with Crippen molar-refractivity contribution in [1.82, 2.24) is 20.3 Å². The molecular weight excluding hydrogens is 320 g/mol. The maximum Gasteiger partial charge on any atom is 0.252 e. The van der Waals surface area contributed by atoms with Crippen molar-refractivity contribution in [2.45, 2.75) is 17.5 Å². The van der Waals surface area contributed by atoms with Crippen molar-refractivity contribution in [3.05, 3.63) is 78.1 Å². The standard InChI is InChI=1S/C18H18N4OS/c1-24-17-10-6-5-9-15(17)18(23)21-16(13-22-19-11-12-20-22)14-7-3-2-4-8-14/h2-12,16H,13H2,1H3,(H,21,23). The lowest BCUT2D eigenvalue weighted by molar-refractivity contribution is 0.0928. The predicted octanol–water partition coefficient (Wildman–Crippen LogP) is 3.17. The Morgan fingerprint density at radius 1 is 1.08 bits per heavy atom. The van der Waals surface area contributed by atoms with Gasteiger partial charge in [-0.25, -0.2) is 0 Å². The Morgan fingerprint density at radius 2 is 1.75 bits per heavy atom. The van der Waals surface area contributed by atoms with Gasteiger partial charge in [-0.3, -0.25) is 4.79 Å². The summed E-state index contributed by atoms with van der Waals surface area (Å²) in [4.78, 5) is 15.3. The van der Waals surface area contributed by atoms with Gasteiger partial charge in [0.05, 0.1) is 30.5 Å². The molecule has 1 N–H and O–H groups in total. The zero-order valence-electron chi connectivity index (χ0n) is 13.3. The van der Waals surface area contributed by atoms with Crippen LogP contribution in [0, 0.1) is 0 Å². The molecule has 6 heteroatoms. The van der Waals surface area contributed by atoms with Crippen LogP contribution in [-0.4, -0.2) is 27.2 Å². The van der Waals surface area contributed by atoms with Gasteiger partial charge in [-0.05, 0) is 24.0 Å². The monoisotopic (exact) mass is 338 g/mol. The van der Waals surface area contributed by atoms with Crippen LogP contribution in [0.1, 0.15) is 22.0 Å². The Kier molecular flexibility index (Phi) is 5.28. The first-order valence-corrected chi connectivity index (χ1v) is 8.83. The van der Waals surface area contributed by atoms with Gasteiger partial charge in [-0.2, -0.15) is 15.0 Å². The van der Waals surface area contributed by atoms with E-state index in [2.05, 4.69) is 15.5 Å². The number of nitrogens with one attached hydrogen (secondary N) is 1. The molecule has 122 valence electrons. The van der Waals surface area contributed by atoms with Crippen LogP contribution in [-0.2, 0) is 6.54 Å². The van der Waals surface area contributed by atoms with Crippen molar-refractivity contribution in [2.75, 3.05) is 6.26 Å². The Labute approximate surface area is 145 Å². The third kappa shape index (κ3) is 3.83. The van der Waals surface area contributed by atoms with Crippen LogP contribution in [0.5, 0.6) is 0 Å². The molecule has 0 saturated heterocycles. The third-order valence-corrected chi connectivity index (χ3v) is 4.47. The van der Waals surface area contributed by atoms with Crippen LogP contribution in [0.15, 0.2) is 71.9 Å². The molecule has 1 amide bonds. The van der Waals surface area contributed by atoms with Gasteiger partial charge < -0.3 is 5.32 Å². The number of carbonyl (C=O) groups excluding carboxylic acids is 1. The maximum absolute atomic E-state index is 12.8. The summed E-state index contributed by atoms with van der Waals surface area (Å²) in [6.45, 7) is 0.476. The van der Waals surface area contributed by atoms with Gasteiger partial charge in [0.2, 0.25) is 0 Å². The molecule has 5 nitrogen and oxygen atoms in total. The predicted molar refractivity (Wildman–Crippen MR) is 94.9 cm³/mol. The molecule has 0 aliphatic heterocycles. The lowest BCUT2D eigenvalue weighted by Crippen LogP contribution is -2.32. The van der Waals surface area contributed by atoms with E-state index in [-0.39, 0.29) is 11.9 Å². The van der Waals surface area contributed by atoms with E-state index in [4.69, 9.17) is 0 Å². The average Bonchev–Trinajstić information content (AvgIpc) is 3.15. The number of benzene rings is 2. The molecule has 0 saturated carbocycles. The minimum Gasteiger partial charge on any atom is -0.343 e. The first kappa shape index (κ1) is 16.3. The minimum absolute atomic E-state index is 0.0963. The number of rotatable bonds is 6. The first-order chi connectivity index (χ1) is 11.8. The van der Waals surface area contributed by atoms with E-state index in [0.717, 1.165) is 10.5 Å². The Morgan fingerprint density at radius 3 is 2.46 bits per heavy atom. The van der Waals surface area contributed by atoms with Crippen LogP contribution in [0.2, 0.25) is 0 Å². The molecule has 1 atom stereocenters. The summed E-state index contributed by atoms with van der Waals surface area (Å²) in [5.41, 5.74) is 1.70. The minimum atomic E-state index is -0.207. The fraction of sp³-hybridized carbons (Fsp3) is 0.167. The van der Waals surface area contributed by atoms with E-state index in [1.54, 1.807) is 29.0 Å². The zero-order chi connectivity index (χ0) is 16.8. The van der Waals surface area contributed by atoms with Crippen LogP contribution in [0.25, 0.3) is 0 Å². The third-order valence-electron chi connectivity index (χ3n) is 3.67. The van der Waals surface area contributed by atoms with Crippen molar-refractivity contribution in [3.63, 3.8) is 0 Å². The fourth-order valence-corrected chi connectivity index (χ4v) is 3.08. The lowest BCUT2D eigenvalue weighted by atomic mass is 10.1. The second-order valence-electron chi connectivity index (χ2n) is 5.22. The molecule has 3 rings (SSSR count). The molecule has 0 aliphatic rings. The quantitative estimate of drug-likeness (QED) is 0.701. The van der Waals surface area contributed by atoms with Crippen molar-refractivity contribution in [2.24, 2.45) is 0 Å². The van der Waals surface area contributed by atoms with Crippen LogP contribution in [0.4, 0.5) is 0 Å². The Balaban J connectivity index is 1.84. The molecule has 2 aromatic carbocycles. The van der Waals surface area contributed by atoms with Crippen molar-refractivity contribution in [3.8, 4) is 0 Å². The fourth-order valence-electron chi connectivity index (χ4n) is 2.49. The summed E-state index contributed by atoms with van der Waals surface area (Å²) >= 11 is 1.56. The van der Waals surface area contributed by atoms with Crippen LogP contribution in [0.3, 0.4) is 0 Å². The molecule has 24 heavy (non-hydrogen) atoms. The van der Waals surface area contributed by atoms with Gasteiger partial charge in [-0.15, -0.1) is 11.8 Å². The summed E-state index contributed by atoms with van der Waals surface area (Å²) in [7, 11) is 0. The second-order valence-corrected chi connectivity index (χ2v) is 6.07. The molecule has 0 bridgehead atoms. The van der Waals surface area contributed by atoms with Crippen LogP contribution < -0.4 is 5.32 Å². The number of amides is 1. The number of carbonyl (C=O) groups is 1. The van der Waals surface area contributed by atoms with Crippen molar-refractivity contribution in [1.29, 1.82) is 0 Å². The summed E-state index contributed by atoms with van der Waals surface area (Å²) in [6.07, 6.45) is 5.23. The van der Waals surface area contributed by atoms with Gasteiger partial charge in [0.1, 0.15) is 0 Å². The number of nitrogens with zero attached hydrogens (tertiary/aromatic N) is 3. The highest BCUT2D eigenvalue weighted by atomic mass is 32.2. The van der Waals surface area contributed by atoms with E-state index in [1.807, 2.05) is 60.9 Å². The van der Waals surface area contributed by atoms with Gasteiger partial charge in [-0.1, -0.05) is 42.5 Å². The average molecular weight is 338 g/mol. The highest BCUT2D eigenvalue weighted by molar-refractivity contribution is 7.98. The number of aromatic nitrogens is 3. The Hall–Kier alpha value is -2.60. The van der Waals surface area contributed by atoms with E-state index in [1.165, 1.54) is 0 Å². The van der Waals surface area contributed by atoms with Crippen molar-refractivity contribution < 1.29 is 4.79 Å². The highest BCUT2D eigenvalue weighted by Gasteiger charge is 2.18. The zero-order valence-corrected chi connectivity index (χ0v) is 14.1. The molecule has 3 aromatic rings. The number of thioether (sulfide) groups is 1. The highest BCUT2D eigenvalue weighted by Crippen LogP contribution is 2.21.